The van der Waals surface area contributed by atoms with E-state index in [1.807, 2.05) is 19.1 Å². The maximum absolute atomic E-state index is 12.9. The lowest BCUT2D eigenvalue weighted by Crippen LogP contribution is -2.36. The lowest BCUT2D eigenvalue weighted by atomic mass is 10.1. The normalized spacial score (nSPS) is 14.2. The minimum atomic E-state index is -4.41. The SMILES string of the molecule is C[C@@H](NC(=O)C1=Nn2c(nnc2-c2cc(-c3ccc(C(F)(F)F)cc3)n(C)n2)SC1)c1ccc(Cl)cc1. The highest BCUT2D eigenvalue weighted by Crippen LogP contribution is 2.33. The van der Waals surface area contributed by atoms with Gasteiger partial charge in [-0.15, -0.1) is 10.2 Å². The molecule has 1 aliphatic heterocycles. The third-order valence-corrected chi connectivity index (χ3v) is 6.95. The number of aromatic nitrogens is 5. The molecule has 2 aromatic heterocycles. The Bertz CT molecular complexity index is 1490. The Morgan fingerprint density at radius 3 is 2.49 bits per heavy atom. The average molecular weight is 546 g/mol. The minimum absolute atomic E-state index is 0.263. The van der Waals surface area contributed by atoms with Gasteiger partial charge in [-0.2, -0.15) is 28.0 Å². The molecule has 8 nitrogen and oxygen atoms in total. The molecule has 13 heteroatoms. The summed E-state index contributed by atoms with van der Waals surface area (Å²) in [4.78, 5) is 12.9. The molecular formula is C24H19ClF3N7OS. The number of alkyl halides is 3. The molecule has 1 atom stereocenters. The zero-order valence-corrected chi connectivity index (χ0v) is 21.1. The standard InChI is InChI=1S/C24H19ClF3N7OS/c1-13(14-5-9-17(25)10-6-14)29-22(36)19-12-37-23-31-30-21(35(23)33-19)18-11-20(34(2)32-18)15-3-7-16(8-4-15)24(26,27)28/h3-11,13H,12H2,1-2H3,(H,29,36)/t13-/m1/s1. The minimum Gasteiger partial charge on any atom is -0.344 e. The molecule has 0 saturated carbocycles. The van der Waals surface area contributed by atoms with E-state index in [0.717, 1.165) is 17.7 Å². The van der Waals surface area contributed by atoms with E-state index in [0.29, 0.717) is 44.4 Å². The number of amides is 1. The number of rotatable bonds is 5. The maximum Gasteiger partial charge on any atom is 0.416 e. The number of hydrogen-bond acceptors (Lipinski definition) is 6. The first-order chi connectivity index (χ1) is 17.6. The van der Waals surface area contributed by atoms with Crippen molar-refractivity contribution in [3.63, 3.8) is 0 Å². The van der Waals surface area contributed by atoms with Crippen molar-refractivity contribution in [3.05, 3.63) is 70.7 Å². The Morgan fingerprint density at radius 1 is 1.11 bits per heavy atom. The molecule has 0 fully saturated rings. The van der Waals surface area contributed by atoms with E-state index >= 15 is 0 Å². The molecule has 3 heterocycles. The molecule has 1 N–H and O–H groups in total. The fourth-order valence-corrected chi connectivity index (χ4v) is 4.72. The zero-order chi connectivity index (χ0) is 26.3. The van der Waals surface area contributed by atoms with Crippen LogP contribution in [0.15, 0.2) is 64.9 Å². The highest BCUT2D eigenvalue weighted by molar-refractivity contribution is 8.00. The van der Waals surface area contributed by atoms with Crippen LogP contribution in [-0.4, -0.2) is 42.0 Å². The summed E-state index contributed by atoms with van der Waals surface area (Å²) in [7, 11) is 1.68. The molecular weight excluding hydrogens is 527 g/mol. The van der Waals surface area contributed by atoms with Gasteiger partial charge in [0.05, 0.1) is 23.1 Å². The van der Waals surface area contributed by atoms with Gasteiger partial charge >= 0.3 is 6.18 Å². The first-order valence-corrected chi connectivity index (χ1v) is 12.4. The first-order valence-electron chi connectivity index (χ1n) is 11.0. The van der Waals surface area contributed by atoms with Crippen LogP contribution in [0.3, 0.4) is 0 Å². The summed E-state index contributed by atoms with van der Waals surface area (Å²) in [6.45, 7) is 1.87. The van der Waals surface area contributed by atoms with Crippen molar-refractivity contribution in [2.75, 3.05) is 5.75 Å². The molecule has 0 unspecified atom stereocenters. The monoisotopic (exact) mass is 545 g/mol. The Hall–Kier alpha value is -3.64. The summed E-state index contributed by atoms with van der Waals surface area (Å²) in [6.07, 6.45) is -4.41. The quantitative estimate of drug-likeness (QED) is 0.372. The first kappa shape index (κ1) is 25.0. The Balaban J connectivity index is 1.39. The second-order valence-electron chi connectivity index (χ2n) is 8.31. The third kappa shape index (κ3) is 5.12. The molecule has 190 valence electrons. The molecule has 1 amide bonds. The summed E-state index contributed by atoms with van der Waals surface area (Å²) in [5.74, 6) is 0.301. The van der Waals surface area contributed by atoms with Gasteiger partial charge in [0, 0.05) is 12.1 Å². The number of halogens is 4. The van der Waals surface area contributed by atoms with Crippen molar-refractivity contribution in [3.8, 4) is 22.8 Å². The van der Waals surface area contributed by atoms with E-state index in [1.54, 1.807) is 29.9 Å². The largest absolute Gasteiger partial charge is 0.416 e. The highest BCUT2D eigenvalue weighted by atomic mass is 35.5. The van der Waals surface area contributed by atoms with Gasteiger partial charge in [-0.3, -0.25) is 9.48 Å². The topological polar surface area (TPSA) is 90.0 Å². The number of hydrogen-bond donors (Lipinski definition) is 1. The van der Waals surface area contributed by atoms with Crippen LogP contribution in [-0.2, 0) is 18.0 Å². The van der Waals surface area contributed by atoms with E-state index in [-0.39, 0.29) is 11.9 Å². The molecule has 0 aliphatic carbocycles. The van der Waals surface area contributed by atoms with Gasteiger partial charge in [-0.25, -0.2) is 0 Å². The second-order valence-corrected chi connectivity index (χ2v) is 9.69. The van der Waals surface area contributed by atoms with Crippen LogP contribution in [0, 0.1) is 0 Å². The number of nitrogens with zero attached hydrogens (tertiary/aromatic N) is 6. The van der Waals surface area contributed by atoms with Crippen LogP contribution in [0.1, 0.15) is 24.1 Å². The molecule has 37 heavy (non-hydrogen) atoms. The number of aryl methyl sites for hydroxylation is 1. The second kappa shape index (κ2) is 9.67. The molecule has 5 rings (SSSR count). The maximum atomic E-state index is 12.9. The van der Waals surface area contributed by atoms with Crippen LogP contribution in [0.4, 0.5) is 13.2 Å². The van der Waals surface area contributed by atoms with E-state index in [1.165, 1.54) is 28.6 Å². The number of nitrogens with one attached hydrogen (secondary N) is 1. The van der Waals surface area contributed by atoms with Crippen LogP contribution in [0.2, 0.25) is 5.02 Å². The van der Waals surface area contributed by atoms with E-state index < -0.39 is 11.7 Å². The fourth-order valence-electron chi connectivity index (χ4n) is 3.79. The zero-order valence-electron chi connectivity index (χ0n) is 19.5. The van der Waals surface area contributed by atoms with E-state index in [4.69, 9.17) is 11.6 Å². The number of benzene rings is 2. The molecule has 0 bridgehead atoms. The summed E-state index contributed by atoms with van der Waals surface area (Å²) in [5, 5.41) is 21.3. The van der Waals surface area contributed by atoms with Crippen LogP contribution in [0.5, 0.6) is 0 Å². The Kier molecular flexibility index (Phi) is 6.54. The predicted molar refractivity (Wildman–Crippen MR) is 134 cm³/mol. The molecule has 2 aromatic carbocycles. The van der Waals surface area contributed by atoms with Crippen molar-refractivity contribution < 1.29 is 18.0 Å². The molecule has 4 aromatic rings. The van der Waals surface area contributed by atoms with Crippen molar-refractivity contribution in [2.24, 2.45) is 12.1 Å². The van der Waals surface area contributed by atoms with Crippen LogP contribution >= 0.6 is 23.4 Å². The van der Waals surface area contributed by atoms with Crippen molar-refractivity contribution in [1.29, 1.82) is 0 Å². The number of thioether (sulfide) groups is 1. The Morgan fingerprint density at radius 2 is 1.81 bits per heavy atom. The average Bonchev–Trinajstić information content (AvgIpc) is 3.46. The number of carbonyl (C=O) groups excluding carboxylic acids is 1. The number of fused-ring (bicyclic) bond motifs is 1. The molecule has 0 radical (unpaired) electrons. The Labute approximate surface area is 218 Å². The summed E-state index contributed by atoms with van der Waals surface area (Å²) in [5.41, 5.74) is 2.02. The van der Waals surface area contributed by atoms with Crippen molar-refractivity contribution >= 4 is 35.0 Å². The van der Waals surface area contributed by atoms with Gasteiger partial charge in [0.25, 0.3) is 5.91 Å². The van der Waals surface area contributed by atoms with E-state index in [9.17, 15) is 18.0 Å². The predicted octanol–water partition coefficient (Wildman–Crippen LogP) is 5.21. The van der Waals surface area contributed by atoms with Gasteiger partial charge in [-0.1, -0.05) is 47.6 Å². The lowest BCUT2D eigenvalue weighted by Gasteiger charge is -2.17. The van der Waals surface area contributed by atoms with Gasteiger partial charge in [-0.05, 0) is 48.4 Å². The summed E-state index contributed by atoms with van der Waals surface area (Å²) >= 11 is 7.26. The molecule has 0 spiro atoms. The summed E-state index contributed by atoms with van der Waals surface area (Å²) < 4.78 is 41.8. The molecule has 1 aliphatic rings. The van der Waals surface area contributed by atoms with Crippen molar-refractivity contribution in [2.45, 2.75) is 24.3 Å². The van der Waals surface area contributed by atoms with Crippen LogP contribution < -0.4 is 5.32 Å². The lowest BCUT2D eigenvalue weighted by molar-refractivity contribution is -0.137. The van der Waals surface area contributed by atoms with Gasteiger partial charge in [0.2, 0.25) is 11.0 Å². The third-order valence-electron chi connectivity index (χ3n) is 5.77. The van der Waals surface area contributed by atoms with Gasteiger partial charge in [0.1, 0.15) is 11.4 Å². The van der Waals surface area contributed by atoms with Gasteiger partial charge in [0.15, 0.2) is 0 Å². The smallest absolute Gasteiger partial charge is 0.344 e. The highest BCUT2D eigenvalue weighted by Gasteiger charge is 2.30. The summed E-state index contributed by atoms with van der Waals surface area (Å²) in [6, 6.07) is 13.5. The fraction of sp³-hybridized carbons (Fsp3) is 0.208. The van der Waals surface area contributed by atoms with Gasteiger partial charge < -0.3 is 5.32 Å². The van der Waals surface area contributed by atoms with E-state index in [2.05, 4.69) is 25.7 Å². The van der Waals surface area contributed by atoms with Crippen molar-refractivity contribution in [1.82, 2.24) is 30.0 Å². The van der Waals surface area contributed by atoms with Crippen LogP contribution in [0.25, 0.3) is 22.8 Å². The number of carbonyl (C=O) groups is 1. The molecule has 0 saturated heterocycles.